The molecule has 0 amide bonds. The Morgan fingerprint density at radius 3 is 2.44 bits per heavy atom. The van der Waals surface area contributed by atoms with Gasteiger partial charge in [-0.05, 0) is 19.9 Å². The van der Waals surface area contributed by atoms with Crippen molar-refractivity contribution in [3.05, 3.63) is 29.8 Å². The van der Waals surface area contributed by atoms with Gasteiger partial charge in [0.25, 0.3) is 0 Å². The van der Waals surface area contributed by atoms with E-state index in [9.17, 15) is 18.3 Å². The molecule has 1 N–H and O–H groups in total. The molecule has 0 radical (unpaired) electrons. The molecule has 0 saturated heterocycles. The first kappa shape index (κ1) is 14.8. The van der Waals surface area contributed by atoms with Gasteiger partial charge in [-0.15, -0.1) is 13.2 Å². The molecule has 0 bridgehead atoms. The van der Waals surface area contributed by atoms with E-state index in [2.05, 4.69) is 4.74 Å². The van der Waals surface area contributed by atoms with E-state index < -0.39 is 24.3 Å². The van der Waals surface area contributed by atoms with Gasteiger partial charge in [-0.2, -0.15) is 0 Å². The van der Waals surface area contributed by atoms with Crippen LogP contribution in [0.25, 0.3) is 0 Å². The van der Waals surface area contributed by atoms with Crippen molar-refractivity contribution in [3.8, 4) is 5.75 Å². The van der Waals surface area contributed by atoms with Crippen LogP contribution in [0.1, 0.15) is 25.5 Å². The highest BCUT2D eigenvalue weighted by atomic mass is 19.4. The molecule has 3 nitrogen and oxygen atoms in total. The van der Waals surface area contributed by atoms with Crippen molar-refractivity contribution in [2.75, 3.05) is 6.61 Å². The third kappa shape index (κ3) is 4.19. The van der Waals surface area contributed by atoms with Crippen molar-refractivity contribution >= 4 is 0 Å². The van der Waals surface area contributed by atoms with Crippen molar-refractivity contribution in [1.82, 2.24) is 0 Å². The number of hydrogen-bond acceptors (Lipinski definition) is 3. The number of para-hydroxylation sites is 1. The molecule has 0 saturated carbocycles. The first-order valence-corrected chi connectivity index (χ1v) is 5.49. The third-order valence-electron chi connectivity index (χ3n) is 2.34. The molecule has 1 aromatic carbocycles. The molecule has 1 rings (SSSR count). The molecular formula is C12H15F3O3. The standard InChI is InChI=1S/C12H15F3O3/c1-3-17-8(2)11(16)9-6-4-5-7-10(9)18-12(13,14)15/h4-8,11,16H,3H2,1-2H3. The Bertz CT molecular complexity index is 379. The summed E-state index contributed by atoms with van der Waals surface area (Å²) in [5.41, 5.74) is 0.0516. The topological polar surface area (TPSA) is 38.7 Å². The normalized spacial score (nSPS) is 15.2. The van der Waals surface area contributed by atoms with Gasteiger partial charge >= 0.3 is 6.36 Å². The van der Waals surface area contributed by atoms with Gasteiger partial charge in [0.1, 0.15) is 11.9 Å². The van der Waals surface area contributed by atoms with Gasteiger partial charge in [-0.1, -0.05) is 18.2 Å². The summed E-state index contributed by atoms with van der Waals surface area (Å²) in [6.07, 6.45) is -6.58. The lowest BCUT2D eigenvalue weighted by Gasteiger charge is -2.21. The zero-order valence-electron chi connectivity index (χ0n) is 10.1. The van der Waals surface area contributed by atoms with E-state index in [0.29, 0.717) is 6.61 Å². The fraction of sp³-hybridized carbons (Fsp3) is 0.500. The summed E-state index contributed by atoms with van der Waals surface area (Å²) in [7, 11) is 0. The summed E-state index contributed by atoms with van der Waals surface area (Å²) in [5.74, 6) is -0.413. The number of benzene rings is 1. The van der Waals surface area contributed by atoms with Gasteiger partial charge in [0.05, 0.1) is 6.10 Å². The molecule has 2 atom stereocenters. The largest absolute Gasteiger partial charge is 0.573 e. The van der Waals surface area contributed by atoms with Gasteiger partial charge in [-0.3, -0.25) is 0 Å². The Morgan fingerprint density at radius 2 is 1.89 bits per heavy atom. The fourth-order valence-electron chi connectivity index (χ4n) is 1.55. The smallest absolute Gasteiger partial charge is 0.405 e. The average Bonchev–Trinajstić information content (AvgIpc) is 2.27. The Labute approximate surface area is 103 Å². The van der Waals surface area contributed by atoms with Crippen molar-refractivity contribution in [3.63, 3.8) is 0 Å². The maximum absolute atomic E-state index is 12.2. The quantitative estimate of drug-likeness (QED) is 0.888. The van der Waals surface area contributed by atoms with Crippen LogP contribution in [-0.4, -0.2) is 24.2 Å². The monoisotopic (exact) mass is 264 g/mol. The van der Waals surface area contributed by atoms with Crippen molar-refractivity contribution < 1.29 is 27.8 Å². The highest BCUT2D eigenvalue weighted by molar-refractivity contribution is 5.35. The SMILES string of the molecule is CCOC(C)C(O)c1ccccc1OC(F)(F)F. The molecule has 0 spiro atoms. The summed E-state index contributed by atoms with van der Waals surface area (Å²) in [4.78, 5) is 0. The van der Waals surface area contributed by atoms with Crippen LogP contribution < -0.4 is 4.74 Å². The second kappa shape index (κ2) is 6.06. The lowest BCUT2D eigenvalue weighted by Crippen LogP contribution is -2.22. The number of aliphatic hydroxyl groups excluding tert-OH is 1. The van der Waals surface area contributed by atoms with Crippen molar-refractivity contribution in [1.29, 1.82) is 0 Å². The Kier molecular flexibility index (Phi) is 4.98. The van der Waals surface area contributed by atoms with Crippen LogP contribution in [0.15, 0.2) is 24.3 Å². The van der Waals surface area contributed by atoms with Gasteiger partial charge in [-0.25, -0.2) is 0 Å². The van der Waals surface area contributed by atoms with Crippen LogP contribution in [-0.2, 0) is 4.74 Å². The minimum Gasteiger partial charge on any atom is -0.405 e. The van der Waals surface area contributed by atoms with Gasteiger partial charge in [0, 0.05) is 12.2 Å². The predicted molar refractivity (Wildman–Crippen MR) is 59.2 cm³/mol. The molecule has 0 fully saturated rings. The van der Waals surface area contributed by atoms with Crippen LogP contribution in [0.2, 0.25) is 0 Å². The summed E-state index contributed by atoms with van der Waals surface area (Å²) >= 11 is 0. The first-order valence-electron chi connectivity index (χ1n) is 5.49. The molecule has 1 aromatic rings. The highest BCUT2D eigenvalue weighted by Gasteiger charge is 2.33. The third-order valence-corrected chi connectivity index (χ3v) is 2.34. The first-order chi connectivity index (χ1) is 8.35. The number of aliphatic hydroxyl groups is 1. The van der Waals surface area contributed by atoms with E-state index in [0.717, 1.165) is 6.07 Å². The maximum atomic E-state index is 12.2. The van der Waals surface area contributed by atoms with E-state index in [1.807, 2.05) is 0 Å². The molecule has 18 heavy (non-hydrogen) atoms. The number of ether oxygens (including phenoxy) is 2. The summed E-state index contributed by atoms with van der Waals surface area (Å²) in [6.45, 7) is 3.68. The zero-order valence-corrected chi connectivity index (χ0v) is 10.1. The molecule has 0 aliphatic heterocycles. The van der Waals surface area contributed by atoms with Gasteiger partial charge in [0.2, 0.25) is 0 Å². The molecule has 0 aromatic heterocycles. The molecule has 6 heteroatoms. The van der Waals surface area contributed by atoms with Crippen molar-refractivity contribution in [2.45, 2.75) is 32.4 Å². The Balaban J connectivity index is 2.94. The van der Waals surface area contributed by atoms with Gasteiger partial charge in [0.15, 0.2) is 0 Å². The number of alkyl halides is 3. The Morgan fingerprint density at radius 1 is 1.28 bits per heavy atom. The fourth-order valence-corrected chi connectivity index (χ4v) is 1.55. The highest BCUT2D eigenvalue weighted by Crippen LogP contribution is 2.32. The van der Waals surface area contributed by atoms with E-state index in [-0.39, 0.29) is 5.56 Å². The lowest BCUT2D eigenvalue weighted by molar-refractivity contribution is -0.275. The molecule has 2 unspecified atom stereocenters. The minimum atomic E-state index is -4.79. The Hall–Kier alpha value is -1.27. The summed E-state index contributed by atoms with van der Waals surface area (Å²) in [5, 5.41) is 9.93. The number of rotatable bonds is 5. The average molecular weight is 264 g/mol. The van der Waals surface area contributed by atoms with Crippen LogP contribution in [0.3, 0.4) is 0 Å². The van der Waals surface area contributed by atoms with Crippen LogP contribution in [0.4, 0.5) is 13.2 Å². The summed E-state index contributed by atoms with van der Waals surface area (Å²) < 4.78 is 45.6. The number of halogens is 3. The van der Waals surface area contributed by atoms with Crippen LogP contribution in [0, 0.1) is 0 Å². The minimum absolute atomic E-state index is 0.0516. The van der Waals surface area contributed by atoms with E-state index in [1.165, 1.54) is 18.2 Å². The number of hydrogen-bond donors (Lipinski definition) is 1. The van der Waals surface area contributed by atoms with E-state index in [1.54, 1.807) is 13.8 Å². The second-order valence-corrected chi connectivity index (χ2v) is 3.69. The van der Waals surface area contributed by atoms with Crippen LogP contribution >= 0.6 is 0 Å². The van der Waals surface area contributed by atoms with E-state index in [4.69, 9.17) is 4.74 Å². The lowest BCUT2D eigenvalue weighted by atomic mass is 10.0. The second-order valence-electron chi connectivity index (χ2n) is 3.69. The maximum Gasteiger partial charge on any atom is 0.573 e. The molecule has 0 heterocycles. The zero-order chi connectivity index (χ0) is 13.8. The molecule has 0 aliphatic rings. The predicted octanol–water partition coefficient (Wildman–Crippen LogP) is 3.04. The van der Waals surface area contributed by atoms with E-state index >= 15 is 0 Å². The summed E-state index contributed by atoms with van der Waals surface area (Å²) in [6, 6.07) is 5.47. The molecule has 0 aliphatic carbocycles. The van der Waals surface area contributed by atoms with Crippen LogP contribution in [0.5, 0.6) is 5.75 Å². The molecular weight excluding hydrogens is 249 g/mol. The van der Waals surface area contributed by atoms with Gasteiger partial charge < -0.3 is 14.6 Å². The van der Waals surface area contributed by atoms with Crippen molar-refractivity contribution in [2.24, 2.45) is 0 Å². The molecule has 102 valence electrons.